The lowest BCUT2D eigenvalue weighted by Crippen LogP contribution is -2.53. The molecule has 1 saturated carbocycles. The molecule has 1 atom stereocenters. The summed E-state index contributed by atoms with van der Waals surface area (Å²) in [7, 11) is 3.32. The lowest BCUT2D eigenvalue weighted by atomic mass is 9.59. The zero-order chi connectivity index (χ0) is 25.0. The maximum absolute atomic E-state index is 14.0. The Morgan fingerprint density at radius 2 is 2.17 bits per heavy atom. The number of carbonyl (C=O) groups is 1. The topological polar surface area (TPSA) is 103 Å². The number of anilines is 1. The molecule has 1 spiro atoms. The van der Waals surface area contributed by atoms with Gasteiger partial charge in [0.2, 0.25) is 11.7 Å². The Morgan fingerprint density at radius 1 is 1.40 bits per heavy atom. The van der Waals surface area contributed by atoms with E-state index in [1.807, 2.05) is 25.3 Å². The van der Waals surface area contributed by atoms with Crippen LogP contribution in [0.2, 0.25) is 0 Å². The Kier molecular flexibility index (Phi) is 5.66. The van der Waals surface area contributed by atoms with Crippen LogP contribution in [0.5, 0.6) is 5.75 Å². The standard InChI is InChI=1S/C25H29F2N5O3/c1-14-8-19(35-3)17(15-4-6-29-20(14)15)11-32-7-5-24(12-25(26,27)13-24)9-18(32)16-10-30-22(23(33)34)31-21(16)28-2/h4,6,8,10,18,29H,5,7,9,11-13H2,1-3H3,(H,33,34)(H,28,30,31). The summed E-state index contributed by atoms with van der Waals surface area (Å²) in [6, 6.07) is 3.77. The number of H-pyrrole nitrogens is 1. The third-order valence-electron chi connectivity index (χ3n) is 7.56. The fourth-order valence-corrected chi connectivity index (χ4v) is 5.96. The summed E-state index contributed by atoms with van der Waals surface area (Å²) in [4.78, 5) is 25.2. The molecule has 1 saturated heterocycles. The second-order valence-corrected chi connectivity index (χ2v) is 9.84. The fraction of sp³-hybridized carbons (Fsp3) is 0.480. The number of hydrogen-bond acceptors (Lipinski definition) is 6. The van der Waals surface area contributed by atoms with Crippen molar-refractivity contribution < 1.29 is 23.4 Å². The van der Waals surface area contributed by atoms with Crippen LogP contribution in [0.3, 0.4) is 0 Å². The van der Waals surface area contributed by atoms with E-state index in [9.17, 15) is 18.7 Å². The molecule has 0 amide bonds. The predicted octanol–water partition coefficient (Wildman–Crippen LogP) is 4.77. The van der Waals surface area contributed by atoms with Crippen molar-refractivity contribution in [3.05, 3.63) is 47.0 Å². The van der Waals surface area contributed by atoms with Gasteiger partial charge in [0.05, 0.1) is 7.11 Å². The molecule has 2 fully saturated rings. The molecule has 186 valence electrons. The van der Waals surface area contributed by atoms with Crippen molar-refractivity contribution in [1.82, 2.24) is 19.9 Å². The largest absolute Gasteiger partial charge is 0.496 e. The molecule has 8 nitrogen and oxygen atoms in total. The molecule has 35 heavy (non-hydrogen) atoms. The molecular weight excluding hydrogens is 456 g/mol. The lowest BCUT2D eigenvalue weighted by Gasteiger charge is -2.54. The van der Waals surface area contributed by atoms with Gasteiger partial charge in [0, 0.05) is 66.9 Å². The van der Waals surface area contributed by atoms with Gasteiger partial charge in [-0.25, -0.2) is 23.5 Å². The van der Waals surface area contributed by atoms with Gasteiger partial charge >= 0.3 is 5.97 Å². The molecule has 10 heteroatoms. The minimum absolute atomic E-state index is 0.122. The van der Waals surface area contributed by atoms with Crippen LogP contribution in [-0.4, -0.2) is 57.6 Å². The Labute approximate surface area is 201 Å². The van der Waals surface area contributed by atoms with E-state index < -0.39 is 17.3 Å². The number of aromatic nitrogens is 3. The van der Waals surface area contributed by atoms with E-state index in [4.69, 9.17) is 4.74 Å². The number of carboxylic acids is 1. The number of likely N-dealkylation sites (tertiary alicyclic amines) is 1. The molecule has 3 heterocycles. The van der Waals surface area contributed by atoms with Gasteiger partial charge in [-0.05, 0) is 49.4 Å². The molecule has 1 aliphatic carbocycles. The summed E-state index contributed by atoms with van der Waals surface area (Å²) in [6.45, 7) is 3.18. The van der Waals surface area contributed by atoms with E-state index in [-0.39, 0.29) is 24.7 Å². The van der Waals surface area contributed by atoms with Crippen molar-refractivity contribution in [3.63, 3.8) is 0 Å². The zero-order valence-electron chi connectivity index (χ0n) is 20.0. The molecule has 1 aromatic carbocycles. The van der Waals surface area contributed by atoms with Crippen molar-refractivity contribution >= 4 is 22.7 Å². The Morgan fingerprint density at radius 3 is 2.83 bits per heavy atom. The highest BCUT2D eigenvalue weighted by molar-refractivity contribution is 5.88. The monoisotopic (exact) mass is 485 g/mol. The van der Waals surface area contributed by atoms with Crippen LogP contribution < -0.4 is 10.1 Å². The van der Waals surface area contributed by atoms with Crippen LogP contribution in [0.4, 0.5) is 14.6 Å². The molecular formula is C25H29F2N5O3. The van der Waals surface area contributed by atoms with Gasteiger partial charge in [-0.15, -0.1) is 0 Å². The molecule has 1 unspecified atom stereocenters. The number of aromatic carboxylic acids is 1. The highest BCUT2D eigenvalue weighted by Crippen LogP contribution is 2.61. The molecule has 5 rings (SSSR count). The SMILES string of the molecule is CNc1nc(C(=O)O)ncc1C1CC2(CCN1Cc1c(OC)cc(C)c3[nH]ccc13)CC(F)(F)C2. The van der Waals surface area contributed by atoms with Crippen LogP contribution in [0.25, 0.3) is 10.9 Å². The number of hydrogen-bond donors (Lipinski definition) is 3. The van der Waals surface area contributed by atoms with Gasteiger partial charge < -0.3 is 20.1 Å². The number of methoxy groups -OCH3 is 1. The Balaban J connectivity index is 1.56. The highest BCUT2D eigenvalue weighted by Gasteiger charge is 2.58. The molecule has 2 aliphatic rings. The number of carboxylic acid groups (broad SMARTS) is 1. The number of fused-ring (bicyclic) bond motifs is 1. The normalized spacial score (nSPS) is 21.1. The number of alkyl halides is 2. The summed E-state index contributed by atoms with van der Waals surface area (Å²) >= 11 is 0. The van der Waals surface area contributed by atoms with Gasteiger partial charge in [-0.3, -0.25) is 4.90 Å². The van der Waals surface area contributed by atoms with E-state index in [1.54, 1.807) is 14.2 Å². The Hall–Kier alpha value is -3.27. The number of rotatable bonds is 6. The number of benzene rings is 1. The number of nitrogens with zero attached hydrogens (tertiary/aromatic N) is 3. The first-order chi connectivity index (χ1) is 16.6. The first kappa shape index (κ1) is 23.5. The maximum Gasteiger partial charge on any atom is 0.374 e. The van der Waals surface area contributed by atoms with E-state index in [0.29, 0.717) is 37.3 Å². The highest BCUT2D eigenvalue weighted by atomic mass is 19.3. The van der Waals surface area contributed by atoms with Gasteiger partial charge in [0.1, 0.15) is 11.6 Å². The van der Waals surface area contributed by atoms with Crippen LogP contribution in [0.15, 0.2) is 24.5 Å². The third-order valence-corrected chi connectivity index (χ3v) is 7.56. The predicted molar refractivity (Wildman–Crippen MR) is 127 cm³/mol. The average Bonchev–Trinajstić information content (AvgIpc) is 3.30. The number of aryl methyl sites for hydroxylation is 1. The summed E-state index contributed by atoms with van der Waals surface area (Å²) < 4.78 is 33.7. The first-order valence-corrected chi connectivity index (χ1v) is 11.7. The van der Waals surface area contributed by atoms with Crippen LogP contribution in [0, 0.1) is 12.3 Å². The van der Waals surface area contributed by atoms with Gasteiger partial charge in [-0.1, -0.05) is 0 Å². The molecule has 3 N–H and O–H groups in total. The number of nitrogens with one attached hydrogen (secondary N) is 2. The average molecular weight is 486 g/mol. The van der Waals surface area contributed by atoms with Crippen molar-refractivity contribution in [3.8, 4) is 5.75 Å². The van der Waals surface area contributed by atoms with Crippen molar-refractivity contribution in [2.75, 3.05) is 26.0 Å². The van der Waals surface area contributed by atoms with E-state index in [0.717, 1.165) is 27.8 Å². The van der Waals surface area contributed by atoms with E-state index in [2.05, 4.69) is 25.2 Å². The lowest BCUT2D eigenvalue weighted by molar-refractivity contribution is -0.186. The quantitative estimate of drug-likeness (QED) is 0.462. The first-order valence-electron chi connectivity index (χ1n) is 11.7. The molecule has 0 radical (unpaired) electrons. The molecule has 2 aromatic heterocycles. The van der Waals surface area contributed by atoms with Crippen LogP contribution in [0.1, 0.15) is 59.0 Å². The minimum atomic E-state index is -2.63. The van der Waals surface area contributed by atoms with E-state index in [1.165, 1.54) is 6.20 Å². The zero-order valence-corrected chi connectivity index (χ0v) is 20.0. The van der Waals surface area contributed by atoms with Crippen LogP contribution >= 0.6 is 0 Å². The molecule has 1 aliphatic heterocycles. The van der Waals surface area contributed by atoms with Crippen LogP contribution in [-0.2, 0) is 6.54 Å². The second-order valence-electron chi connectivity index (χ2n) is 9.84. The summed E-state index contributed by atoms with van der Waals surface area (Å²) in [6.07, 6.45) is 4.38. The number of halogens is 2. The maximum atomic E-state index is 14.0. The smallest absolute Gasteiger partial charge is 0.374 e. The summed E-state index contributed by atoms with van der Waals surface area (Å²) in [5.74, 6) is -2.98. The summed E-state index contributed by atoms with van der Waals surface area (Å²) in [5, 5.41) is 13.4. The second kappa shape index (κ2) is 8.44. The van der Waals surface area contributed by atoms with E-state index >= 15 is 0 Å². The number of aromatic amines is 1. The van der Waals surface area contributed by atoms with Gasteiger partial charge in [-0.2, -0.15) is 0 Å². The minimum Gasteiger partial charge on any atom is -0.496 e. The van der Waals surface area contributed by atoms with Gasteiger partial charge in [0.15, 0.2) is 0 Å². The number of ether oxygens (including phenoxy) is 1. The Bertz CT molecular complexity index is 1280. The van der Waals surface area contributed by atoms with Crippen molar-refractivity contribution in [2.45, 2.75) is 51.1 Å². The molecule has 3 aromatic rings. The third kappa shape index (κ3) is 4.09. The van der Waals surface area contributed by atoms with Crippen molar-refractivity contribution in [1.29, 1.82) is 0 Å². The van der Waals surface area contributed by atoms with Gasteiger partial charge in [0.25, 0.3) is 0 Å². The number of piperidine rings is 1. The summed E-state index contributed by atoms with van der Waals surface area (Å²) in [5.41, 5.74) is 3.40. The fourth-order valence-electron chi connectivity index (χ4n) is 5.96. The molecule has 0 bridgehead atoms. The van der Waals surface area contributed by atoms with Crippen molar-refractivity contribution in [2.24, 2.45) is 5.41 Å².